The molecule has 0 saturated heterocycles. The molecule has 2 aromatic carbocycles. The summed E-state index contributed by atoms with van der Waals surface area (Å²) in [4.78, 5) is 15.7. The van der Waals surface area contributed by atoms with E-state index in [1.54, 1.807) is 13.2 Å². The fourth-order valence-electron chi connectivity index (χ4n) is 3.44. The summed E-state index contributed by atoms with van der Waals surface area (Å²) in [6.07, 6.45) is 0. The maximum Gasteiger partial charge on any atom is 0.262 e. The van der Waals surface area contributed by atoms with Crippen LogP contribution in [0.5, 0.6) is 0 Å². The molecule has 1 heterocycles. The highest BCUT2D eigenvalue weighted by atomic mass is 32.1. The van der Waals surface area contributed by atoms with Gasteiger partial charge in [0.25, 0.3) is 5.91 Å². The summed E-state index contributed by atoms with van der Waals surface area (Å²) >= 11 is 1.30. The first-order valence-electron chi connectivity index (χ1n) is 9.84. The summed E-state index contributed by atoms with van der Waals surface area (Å²) < 4.78 is 20.3. The molecule has 0 bridgehead atoms. The van der Waals surface area contributed by atoms with Crippen LogP contribution in [0.3, 0.4) is 0 Å². The molecule has 1 amide bonds. The molecule has 0 aliphatic heterocycles. The SMILES string of the molecule is CCN(CC)Cc1cccc(CNC(=O)c2sc3cccc(F)c3c2COC)c1. The van der Waals surface area contributed by atoms with Gasteiger partial charge in [-0.3, -0.25) is 9.69 Å². The van der Waals surface area contributed by atoms with Crippen LogP contribution in [0.2, 0.25) is 0 Å². The topological polar surface area (TPSA) is 41.6 Å². The van der Waals surface area contributed by atoms with Crippen molar-refractivity contribution < 1.29 is 13.9 Å². The summed E-state index contributed by atoms with van der Waals surface area (Å²) in [7, 11) is 1.55. The van der Waals surface area contributed by atoms with Gasteiger partial charge >= 0.3 is 0 Å². The van der Waals surface area contributed by atoms with Crippen molar-refractivity contribution in [2.75, 3.05) is 20.2 Å². The minimum Gasteiger partial charge on any atom is -0.380 e. The minimum absolute atomic E-state index is 0.197. The predicted octanol–water partition coefficient (Wildman–Crippen LogP) is 4.96. The van der Waals surface area contributed by atoms with E-state index < -0.39 is 0 Å². The first kappa shape index (κ1) is 21.4. The fraction of sp³-hybridized carbons (Fsp3) is 0.348. The second-order valence-corrected chi connectivity index (χ2v) is 7.97. The quantitative estimate of drug-likeness (QED) is 0.538. The van der Waals surface area contributed by atoms with Gasteiger partial charge in [0.05, 0.1) is 11.5 Å². The number of halogens is 1. The monoisotopic (exact) mass is 414 g/mol. The summed E-state index contributed by atoms with van der Waals surface area (Å²) in [5.74, 6) is -0.527. The molecule has 3 aromatic rings. The second-order valence-electron chi connectivity index (χ2n) is 6.92. The molecule has 4 nitrogen and oxygen atoms in total. The molecule has 6 heteroatoms. The van der Waals surface area contributed by atoms with Crippen molar-refractivity contribution in [3.05, 3.63) is 69.8 Å². The Morgan fingerprint density at radius 2 is 1.86 bits per heavy atom. The number of rotatable bonds is 9. The largest absolute Gasteiger partial charge is 0.380 e. The summed E-state index contributed by atoms with van der Waals surface area (Å²) in [5, 5.41) is 3.46. The van der Waals surface area contributed by atoms with Crippen LogP contribution in [0, 0.1) is 5.82 Å². The van der Waals surface area contributed by atoms with Gasteiger partial charge in [0.2, 0.25) is 0 Å². The zero-order valence-electron chi connectivity index (χ0n) is 17.1. The van der Waals surface area contributed by atoms with Gasteiger partial charge < -0.3 is 10.1 Å². The molecule has 0 fully saturated rings. The summed E-state index contributed by atoms with van der Waals surface area (Å²) in [5.41, 5.74) is 2.88. The third-order valence-corrected chi connectivity index (χ3v) is 6.20. The average Bonchev–Trinajstić information content (AvgIpc) is 3.11. The number of nitrogens with zero attached hydrogens (tertiary/aromatic N) is 1. The van der Waals surface area contributed by atoms with Crippen LogP contribution in [0.1, 0.15) is 40.2 Å². The molecule has 0 saturated carbocycles. The number of amides is 1. The maximum absolute atomic E-state index is 14.3. The molecule has 1 N–H and O–H groups in total. The van der Waals surface area contributed by atoms with Crippen molar-refractivity contribution in [2.45, 2.75) is 33.5 Å². The normalized spacial score (nSPS) is 11.3. The van der Waals surface area contributed by atoms with Crippen LogP contribution in [-0.2, 0) is 24.4 Å². The minimum atomic E-state index is -0.325. The number of ether oxygens (including phenoxy) is 1. The number of thiophene rings is 1. The van der Waals surface area contributed by atoms with Crippen LogP contribution in [0.4, 0.5) is 4.39 Å². The van der Waals surface area contributed by atoms with Crippen molar-refractivity contribution in [3.63, 3.8) is 0 Å². The van der Waals surface area contributed by atoms with Crippen LogP contribution in [-0.4, -0.2) is 31.0 Å². The van der Waals surface area contributed by atoms with Gasteiger partial charge in [-0.05, 0) is 36.3 Å². The number of nitrogens with one attached hydrogen (secondary N) is 1. The van der Waals surface area contributed by atoms with Crippen LogP contribution < -0.4 is 5.32 Å². The lowest BCUT2D eigenvalue weighted by Crippen LogP contribution is -2.24. The van der Waals surface area contributed by atoms with Crippen molar-refractivity contribution in [1.82, 2.24) is 10.2 Å². The number of hydrogen-bond donors (Lipinski definition) is 1. The molecular formula is C23H27FN2O2S. The number of hydrogen-bond acceptors (Lipinski definition) is 4. The Kier molecular flexibility index (Phi) is 7.36. The highest BCUT2D eigenvalue weighted by molar-refractivity contribution is 7.21. The third-order valence-electron chi connectivity index (χ3n) is 5.00. The van der Waals surface area contributed by atoms with E-state index in [1.165, 1.54) is 23.0 Å². The van der Waals surface area contributed by atoms with Gasteiger partial charge in [0.15, 0.2) is 0 Å². The Morgan fingerprint density at radius 3 is 2.59 bits per heavy atom. The lowest BCUT2D eigenvalue weighted by atomic mass is 10.1. The molecule has 0 radical (unpaired) electrons. The molecule has 0 aliphatic rings. The van der Waals surface area contributed by atoms with Gasteiger partial charge in [-0.25, -0.2) is 4.39 Å². The second kappa shape index (κ2) is 9.96. The fourth-order valence-corrected chi connectivity index (χ4v) is 4.58. The zero-order valence-corrected chi connectivity index (χ0v) is 17.9. The standard InChI is InChI=1S/C23H27FN2O2S/c1-4-26(5-2)14-17-9-6-8-16(12-17)13-25-23(27)22-18(15-28-3)21-19(24)10-7-11-20(21)29-22/h6-12H,4-5,13-15H2,1-3H3,(H,25,27). The molecule has 0 aliphatic carbocycles. The number of fused-ring (bicyclic) bond motifs is 1. The first-order valence-corrected chi connectivity index (χ1v) is 10.7. The summed E-state index contributed by atoms with van der Waals surface area (Å²) in [6, 6.07) is 13.2. The molecule has 1 aromatic heterocycles. The maximum atomic E-state index is 14.3. The van der Waals surface area contributed by atoms with Crippen molar-refractivity contribution in [2.24, 2.45) is 0 Å². The van der Waals surface area contributed by atoms with E-state index in [0.29, 0.717) is 22.4 Å². The molecule has 0 spiro atoms. The molecule has 0 unspecified atom stereocenters. The first-order chi connectivity index (χ1) is 14.1. The third kappa shape index (κ3) is 5.01. The van der Waals surface area contributed by atoms with Crippen molar-refractivity contribution >= 4 is 27.3 Å². The Balaban J connectivity index is 1.76. The van der Waals surface area contributed by atoms with Crippen LogP contribution in [0.15, 0.2) is 42.5 Å². The van der Waals surface area contributed by atoms with Crippen molar-refractivity contribution in [3.8, 4) is 0 Å². The van der Waals surface area contributed by atoms with Crippen molar-refractivity contribution in [1.29, 1.82) is 0 Å². The van der Waals surface area contributed by atoms with Gasteiger partial charge in [-0.2, -0.15) is 0 Å². The number of carbonyl (C=O) groups excluding carboxylic acids is 1. The number of benzene rings is 2. The summed E-state index contributed by atoms with van der Waals surface area (Å²) in [6.45, 7) is 7.82. The predicted molar refractivity (Wildman–Crippen MR) is 117 cm³/mol. The lowest BCUT2D eigenvalue weighted by Gasteiger charge is -2.18. The number of carbonyl (C=O) groups is 1. The van der Waals surface area contributed by atoms with E-state index in [4.69, 9.17) is 4.74 Å². The van der Waals surface area contributed by atoms with Crippen LogP contribution >= 0.6 is 11.3 Å². The molecule has 154 valence electrons. The van der Waals surface area contributed by atoms with Gasteiger partial charge in [-0.1, -0.05) is 44.2 Å². The van der Waals surface area contributed by atoms with Gasteiger partial charge in [-0.15, -0.1) is 11.3 Å². The zero-order chi connectivity index (χ0) is 20.8. The van der Waals surface area contributed by atoms with E-state index >= 15 is 0 Å². The molecule has 3 rings (SSSR count). The smallest absolute Gasteiger partial charge is 0.262 e. The Hall–Kier alpha value is -2.28. The van der Waals surface area contributed by atoms with E-state index in [0.717, 1.165) is 29.9 Å². The lowest BCUT2D eigenvalue weighted by molar-refractivity contribution is 0.0950. The average molecular weight is 415 g/mol. The Bertz CT molecular complexity index is 982. The number of methoxy groups -OCH3 is 1. The highest BCUT2D eigenvalue weighted by Crippen LogP contribution is 2.33. The van der Waals surface area contributed by atoms with Crippen LogP contribution in [0.25, 0.3) is 10.1 Å². The van der Waals surface area contributed by atoms with E-state index in [9.17, 15) is 9.18 Å². The van der Waals surface area contributed by atoms with Gasteiger partial charge in [0.1, 0.15) is 5.82 Å². The molecular weight excluding hydrogens is 387 g/mol. The molecule has 0 atom stereocenters. The van der Waals surface area contributed by atoms with E-state index in [2.05, 4.69) is 36.2 Å². The molecule has 29 heavy (non-hydrogen) atoms. The van der Waals surface area contributed by atoms with Gasteiger partial charge in [0, 0.05) is 35.8 Å². The Morgan fingerprint density at radius 1 is 1.14 bits per heavy atom. The highest BCUT2D eigenvalue weighted by Gasteiger charge is 2.20. The van der Waals surface area contributed by atoms with E-state index in [1.807, 2.05) is 18.2 Å². The van der Waals surface area contributed by atoms with E-state index in [-0.39, 0.29) is 18.3 Å². The Labute approximate surface area is 175 Å².